The third kappa shape index (κ3) is 8.31. The quantitative estimate of drug-likeness (QED) is 0.118. The van der Waals surface area contributed by atoms with Gasteiger partial charge in [-0.25, -0.2) is 24.7 Å². The van der Waals surface area contributed by atoms with Crippen molar-refractivity contribution in [2.45, 2.75) is 77.5 Å². The van der Waals surface area contributed by atoms with Crippen molar-refractivity contribution in [1.82, 2.24) is 49.9 Å². The Morgan fingerprint density at radius 3 is 1.84 bits per heavy atom. The zero-order chi connectivity index (χ0) is 40.1. The number of imidazole rings is 2. The van der Waals surface area contributed by atoms with Crippen LogP contribution in [0.3, 0.4) is 0 Å². The lowest BCUT2D eigenvalue weighted by Crippen LogP contribution is -2.51. The number of hydrogen-bond acceptors (Lipinski definition) is 9. The number of likely N-dealkylation sites (N-methyl/N-ethyl adjacent to an activating group) is 1. The number of carbonyl (C=O) groups is 3. The zero-order valence-corrected chi connectivity index (χ0v) is 33.3. The molecule has 0 bridgehead atoms. The predicted molar refractivity (Wildman–Crippen MR) is 216 cm³/mol. The SMILES string of the molecule is CCN(CC)[C@@H](C(=O)N1CCC[C@@H]1c1ncc(-c2ccc(-c3ncc(-c4cnc([C@H]5CCCN5C(=O)[C@@H](NC(=O)OC)C(C)C)[nH]4)cn3)cc2)[nH]1)c1ccccc1. The van der Waals surface area contributed by atoms with Crippen LogP contribution in [0.4, 0.5) is 4.79 Å². The number of aromatic nitrogens is 6. The van der Waals surface area contributed by atoms with Gasteiger partial charge in [-0.15, -0.1) is 0 Å². The average molecular weight is 773 g/mol. The Balaban J connectivity index is 1.01. The van der Waals surface area contributed by atoms with Crippen LogP contribution >= 0.6 is 0 Å². The lowest BCUT2D eigenvalue weighted by Gasteiger charge is -2.34. The second kappa shape index (κ2) is 17.5. The minimum absolute atomic E-state index is 0.113. The number of ether oxygens (including phenoxy) is 1. The van der Waals surface area contributed by atoms with E-state index in [4.69, 9.17) is 9.72 Å². The van der Waals surface area contributed by atoms with Gasteiger partial charge in [0.05, 0.1) is 43.0 Å². The zero-order valence-electron chi connectivity index (χ0n) is 33.3. The van der Waals surface area contributed by atoms with E-state index in [-0.39, 0.29) is 35.9 Å². The minimum atomic E-state index is -0.698. The van der Waals surface area contributed by atoms with E-state index >= 15 is 0 Å². The van der Waals surface area contributed by atoms with Gasteiger partial charge in [-0.1, -0.05) is 82.3 Å². The van der Waals surface area contributed by atoms with Gasteiger partial charge in [0.15, 0.2) is 5.82 Å². The van der Waals surface area contributed by atoms with Gasteiger partial charge in [-0.3, -0.25) is 14.5 Å². The molecular formula is C43H52N10O4. The molecule has 0 spiro atoms. The fourth-order valence-electron chi connectivity index (χ4n) is 8.12. The van der Waals surface area contributed by atoms with E-state index in [0.717, 1.165) is 78.2 Å². The number of alkyl carbamates (subject to hydrolysis) is 1. The molecule has 0 radical (unpaired) electrons. The summed E-state index contributed by atoms with van der Waals surface area (Å²) >= 11 is 0. The molecule has 7 rings (SSSR count). The molecule has 14 nitrogen and oxygen atoms in total. The molecule has 0 unspecified atom stereocenters. The van der Waals surface area contributed by atoms with E-state index in [0.29, 0.717) is 24.7 Å². The van der Waals surface area contributed by atoms with E-state index in [1.807, 2.05) is 79.5 Å². The Hall–Kier alpha value is -5.89. The fourth-order valence-corrected chi connectivity index (χ4v) is 8.12. The van der Waals surface area contributed by atoms with Gasteiger partial charge in [0.2, 0.25) is 11.8 Å². The highest BCUT2D eigenvalue weighted by Gasteiger charge is 2.39. The van der Waals surface area contributed by atoms with E-state index < -0.39 is 12.1 Å². The lowest BCUT2D eigenvalue weighted by atomic mass is 10.0. The van der Waals surface area contributed by atoms with Crippen molar-refractivity contribution in [3.63, 3.8) is 0 Å². The number of H-pyrrole nitrogens is 2. The highest BCUT2D eigenvalue weighted by molar-refractivity contribution is 5.86. The Bertz CT molecular complexity index is 2130. The first-order valence-corrected chi connectivity index (χ1v) is 20.0. The molecule has 2 aliphatic rings. The number of rotatable bonds is 13. The number of likely N-dealkylation sites (tertiary alicyclic amines) is 2. The standard InChI is InChI=1S/C43H52N10O4/c1-6-51(7-2)37(29-13-9-8-10-14-29)42(55)53-22-12-16-35(53)40-46-25-32(48-40)28-17-19-30(20-18-28)38-44-23-31(24-45-38)33-26-47-39(49-33)34-15-11-21-52(34)41(54)36(27(3)4)50-43(56)57-5/h8-10,13-14,17-20,23-27,34-37H,6-7,11-12,15-16,21-22H2,1-5H3,(H,46,48)(H,47,49)(H,50,56)/t34-,35-,36+,37-/m1/s1. The second-order valence-corrected chi connectivity index (χ2v) is 15.0. The van der Waals surface area contributed by atoms with Gasteiger partial charge < -0.3 is 29.8 Å². The molecular weight excluding hydrogens is 721 g/mol. The minimum Gasteiger partial charge on any atom is -0.453 e. The molecule has 14 heteroatoms. The van der Waals surface area contributed by atoms with Crippen molar-refractivity contribution in [1.29, 1.82) is 0 Å². The monoisotopic (exact) mass is 772 g/mol. The van der Waals surface area contributed by atoms with E-state index in [2.05, 4.69) is 49.0 Å². The largest absolute Gasteiger partial charge is 0.453 e. The lowest BCUT2D eigenvalue weighted by molar-refractivity contribution is -0.138. The van der Waals surface area contributed by atoms with Gasteiger partial charge in [0, 0.05) is 36.6 Å². The van der Waals surface area contributed by atoms with Crippen LogP contribution in [0.2, 0.25) is 0 Å². The van der Waals surface area contributed by atoms with Crippen LogP contribution in [0.15, 0.2) is 79.4 Å². The van der Waals surface area contributed by atoms with Gasteiger partial charge >= 0.3 is 6.09 Å². The molecule has 5 heterocycles. The molecule has 3 amide bonds. The van der Waals surface area contributed by atoms with Crippen LogP contribution in [0, 0.1) is 5.92 Å². The van der Waals surface area contributed by atoms with Crippen molar-refractivity contribution in [3.05, 3.63) is 96.6 Å². The van der Waals surface area contributed by atoms with E-state index in [1.165, 1.54) is 7.11 Å². The van der Waals surface area contributed by atoms with Crippen molar-refractivity contribution in [2.75, 3.05) is 33.3 Å². The highest BCUT2D eigenvalue weighted by Crippen LogP contribution is 2.36. The second-order valence-electron chi connectivity index (χ2n) is 15.0. The summed E-state index contributed by atoms with van der Waals surface area (Å²) in [7, 11) is 1.29. The van der Waals surface area contributed by atoms with Crippen LogP contribution in [-0.4, -0.2) is 102 Å². The van der Waals surface area contributed by atoms with Crippen molar-refractivity contribution in [2.24, 2.45) is 5.92 Å². The Morgan fingerprint density at radius 2 is 1.30 bits per heavy atom. The van der Waals surface area contributed by atoms with Crippen molar-refractivity contribution >= 4 is 17.9 Å². The Kier molecular flexibility index (Phi) is 12.1. The summed E-state index contributed by atoms with van der Waals surface area (Å²) in [5, 5.41) is 2.69. The average Bonchev–Trinajstić information content (AvgIpc) is 4.09. The molecule has 57 heavy (non-hydrogen) atoms. The Labute approximate surface area is 333 Å². The first kappa shape index (κ1) is 39.3. The molecule has 0 aliphatic carbocycles. The van der Waals surface area contributed by atoms with E-state index in [9.17, 15) is 14.4 Å². The number of aromatic amines is 2. The summed E-state index contributed by atoms with van der Waals surface area (Å²) in [4.78, 5) is 71.3. The van der Waals surface area contributed by atoms with Gasteiger partial charge in [-0.2, -0.15) is 0 Å². The number of carbonyl (C=O) groups excluding carboxylic acids is 3. The van der Waals surface area contributed by atoms with Gasteiger partial charge in [0.25, 0.3) is 0 Å². The molecule has 2 aliphatic heterocycles. The molecule has 2 fully saturated rings. The van der Waals surface area contributed by atoms with Crippen LogP contribution in [0.25, 0.3) is 33.9 Å². The van der Waals surface area contributed by atoms with Crippen molar-refractivity contribution < 1.29 is 19.1 Å². The van der Waals surface area contributed by atoms with Crippen LogP contribution in [0.1, 0.15) is 88.7 Å². The summed E-state index contributed by atoms with van der Waals surface area (Å²) in [5.41, 5.74) is 5.26. The Morgan fingerprint density at radius 1 is 0.754 bits per heavy atom. The third-order valence-electron chi connectivity index (χ3n) is 11.2. The third-order valence-corrected chi connectivity index (χ3v) is 11.2. The number of hydrogen-bond donors (Lipinski definition) is 3. The van der Waals surface area contributed by atoms with Gasteiger partial charge in [-0.05, 0) is 55.8 Å². The molecule has 5 aromatic rings. The smallest absolute Gasteiger partial charge is 0.407 e. The topological polar surface area (TPSA) is 165 Å². The first-order valence-electron chi connectivity index (χ1n) is 20.0. The molecule has 298 valence electrons. The van der Waals surface area contributed by atoms with Crippen LogP contribution < -0.4 is 5.32 Å². The maximum absolute atomic E-state index is 14.2. The molecule has 2 saturated heterocycles. The summed E-state index contributed by atoms with van der Waals surface area (Å²) in [6, 6.07) is 16.7. The number of methoxy groups -OCH3 is 1. The molecule has 2 aromatic carbocycles. The summed E-state index contributed by atoms with van der Waals surface area (Å²) < 4.78 is 4.75. The maximum atomic E-state index is 14.2. The number of nitrogens with zero attached hydrogens (tertiary/aromatic N) is 7. The van der Waals surface area contributed by atoms with Gasteiger partial charge in [0.1, 0.15) is 23.7 Å². The van der Waals surface area contributed by atoms with Crippen LogP contribution in [-0.2, 0) is 14.3 Å². The number of amides is 3. The van der Waals surface area contributed by atoms with Crippen LogP contribution in [0.5, 0.6) is 0 Å². The number of benzene rings is 2. The maximum Gasteiger partial charge on any atom is 0.407 e. The molecule has 3 N–H and O–H groups in total. The highest BCUT2D eigenvalue weighted by atomic mass is 16.5. The summed E-state index contributed by atoms with van der Waals surface area (Å²) in [5.74, 6) is 1.92. The van der Waals surface area contributed by atoms with Crippen molar-refractivity contribution in [3.8, 4) is 33.9 Å². The fraction of sp³-hybridized carbons (Fsp3) is 0.419. The molecule has 3 aromatic heterocycles. The normalized spacial score (nSPS) is 17.9. The molecule has 0 saturated carbocycles. The van der Waals surface area contributed by atoms with E-state index in [1.54, 1.807) is 23.5 Å². The number of nitrogens with one attached hydrogen (secondary N) is 3. The molecule has 4 atom stereocenters. The predicted octanol–water partition coefficient (Wildman–Crippen LogP) is 6.71. The summed E-state index contributed by atoms with van der Waals surface area (Å²) in [6.07, 6.45) is 9.86. The first-order chi connectivity index (χ1) is 27.7. The summed E-state index contributed by atoms with van der Waals surface area (Å²) in [6.45, 7) is 10.8.